The molecule has 0 unspecified atom stereocenters. The van der Waals surface area contributed by atoms with E-state index in [1.54, 1.807) is 0 Å². The molecular weight excluding hydrogens is 170 g/mol. The van der Waals surface area contributed by atoms with Crippen molar-refractivity contribution in [2.24, 2.45) is 5.73 Å². The highest BCUT2D eigenvalue weighted by atomic mass is 14.6. The van der Waals surface area contributed by atoms with Crippen molar-refractivity contribution in [3.8, 4) is 0 Å². The van der Waals surface area contributed by atoms with E-state index in [1.807, 2.05) is 6.08 Å². The van der Waals surface area contributed by atoms with Gasteiger partial charge in [-0.2, -0.15) is 0 Å². The molecule has 0 saturated carbocycles. The van der Waals surface area contributed by atoms with Gasteiger partial charge in [-0.25, -0.2) is 0 Å². The molecule has 14 heavy (non-hydrogen) atoms. The van der Waals surface area contributed by atoms with Crippen molar-refractivity contribution in [1.29, 1.82) is 0 Å². The van der Waals surface area contributed by atoms with Gasteiger partial charge >= 0.3 is 0 Å². The molecule has 0 spiro atoms. The maximum absolute atomic E-state index is 6.02. The quantitative estimate of drug-likeness (QED) is 0.707. The van der Waals surface area contributed by atoms with Crippen LogP contribution in [0.15, 0.2) is 36.9 Å². The Morgan fingerprint density at radius 2 is 2.00 bits per heavy atom. The van der Waals surface area contributed by atoms with Crippen LogP contribution in [0, 0.1) is 0 Å². The number of allylic oxidation sites excluding steroid dienone is 1. The van der Waals surface area contributed by atoms with E-state index in [9.17, 15) is 0 Å². The maximum atomic E-state index is 6.02. The summed E-state index contributed by atoms with van der Waals surface area (Å²) < 4.78 is 0. The molecule has 1 atom stereocenters. The lowest BCUT2D eigenvalue weighted by Crippen LogP contribution is -2.09. The Morgan fingerprint density at radius 1 is 1.36 bits per heavy atom. The Kier molecular flexibility index (Phi) is 4.41. The van der Waals surface area contributed by atoms with Crippen LogP contribution >= 0.6 is 0 Å². The van der Waals surface area contributed by atoms with E-state index < -0.39 is 0 Å². The summed E-state index contributed by atoms with van der Waals surface area (Å²) in [5, 5.41) is 0. The van der Waals surface area contributed by atoms with Crippen molar-refractivity contribution in [3.05, 3.63) is 48.0 Å². The molecule has 0 saturated heterocycles. The summed E-state index contributed by atoms with van der Waals surface area (Å²) in [6, 6.07) is 8.73. The number of rotatable bonds is 5. The second-order valence-electron chi connectivity index (χ2n) is 3.57. The van der Waals surface area contributed by atoms with Crippen LogP contribution in [0.4, 0.5) is 0 Å². The van der Waals surface area contributed by atoms with E-state index in [0.29, 0.717) is 0 Å². The minimum atomic E-state index is 0.152. The van der Waals surface area contributed by atoms with Crippen molar-refractivity contribution < 1.29 is 0 Å². The standard InChI is InChI=1S/C13H19N/c1-3-5-6-13(14)12-9-7-11(4-2)8-10-12/h3,7-10,13H,1,4-6,14H2,2H3/t13-/m1/s1. The van der Waals surface area contributed by atoms with Gasteiger partial charge in [0.1, 0.15) is 0 Å². The maximum Gasteiger partial charge on any atom is 0.0297 e. The number of hydrogen-bond donors (Lipinski definition) is 1. The van der Waals surface area contributed by atoms with Crippen LogP contribution in [0.2, 0.25) is 0 Å². The number of hydrogen-bond acceptors (Lipinski definition) is 1. The van der Waals surface area contributed by atoms with Crippen LogP contribution in [0.3, 0.4) is 0 Å². The van der Waals surface area contributed by atoms with Gasteiger partial charge < -0.3 is 5.73 Å². The molecule has 0 fully saturated rings. The van der Waals surface area contributed by atoms with Gasteiger partial charge in [-0.05, 0) is 30.4 Å². The van der Waals surface area contributed by atoms with Gasteiger partial charge in [0.15, 0.2) is 0 Å². The highest BCUT2D eigenvalue weighted by Crippen LogP contribution is 2.16. The van der Waals surface area contributed by atoms with Gasteiger partial charge in [0, 0.05) is 6.04 Å². The Labute approximate surface area is 86.6 Å². The van der Waals surface area contributed by atoms with Crippen LogP contribution < -0.4 is 5.73 Å². The fourth-order valence-electron chi connectivity index (χ4n) is 1.46. The molecule has 0 aliphatic carbocycles. The van der Waals surface area contributed by atoms with Crippen molar-refractivity contribution in [3.63, 3.8) is 0 Å². The van der Waals surface area contributed by atoms with Crippen molar-refractivity contribution in [1.82, 2.24) is 0 Å². The Bertz CT molecular complexity index is 274. The average molecular weight is 189 g/mol. The van der Waals surface area contributed by atoms with Crippen LogP contribution in [0.5, 0.6) is 0 Å². The molecule has 1 aromatic rings. The summed E-state index contributed by atoms with van der Waals surface area (Å²) in [5.41, 5.74) is 8.62. The van der Waals surface area contributed by atoms with Crippen LogP contribution in [0.25, 0.3) is 0 Å². The normalized spacial score (nSPS) is 12.4. The van der Waals surface area contributed by atoms with Crippen LogP contribution in [0.1, 0.15) is 36.9 Å². The van der Waals surface area contributed by atoms with Crippen molar-refractivity contribution in [2.75, 3.05) is 0 Å². The average Bonchev–Trinajstić information content (AvgIpc) is 2.26. The Balaban J connectivity index is 2.61. The van der Waals surface area contributed by atoms with Gasteiger partial charge in [-0.1, -0.05) is 37.3 Å². The summed E-state index contributed by atoms with van der Waals surface area (Å²) in [6.07, 6.45) is 4.97. The van der Waals surface area contributed by atoms with Gasteiger partial charge in [0.25, 0.3) is 0 Å². The molecule has 0 radical (unpaired) electrons. The molecule has 1 rings (SSSR count). The summed E-state index contributed by atoms with van der Waals surface area (Å²) in [4.78, 5) is 0. The third-order valence-electron chi connectivity index (χ3n) is 2.50. The van der Waals surface area contributed by atoms with Crippen molar-refractivity contribution in [2.45, 2.75) is 32.2 Å². The lowest BCUT2D eigenvalue weighted by molar-refractivity contribution is 0.661. The molecule has 0 bridgehead atoms. The predicted octanol–water partition coefficient (Wildman–Crippen LogP) is 3.22. The highest BCUT2D eigenvalue weighted by Gasteiger charge is 2.03. The van der Waals surface area contributed by atoms with E-state index >= 15 is 0 Å². The number of aryl methyl sites for hydroxylation is 1. The first-order valence-electron chi connectivity index (χ1n) is 5.23. The smallest absolute Gasteiger partial charge is 0.0297 e. The molecule has 1 heteroatoms. The second-order valence-corrected chi connectivity index (χ2v) is 3.57. The fourth-order valence-corrected chi connectivity index (χ4v) is 1.46. The van der Waals surface area contributed by atoms with Gasteiger partial charge in [-0.3, -0.25) is 0 Å². The monoisotopic (exact) mass is 189 g/mol. The molecular formula is C13H19N. The summed E-state index contributed by atoms with van der Waals surface area (Å²) >= 11 is 0. The molecule has 0 aromatic heterocycles. The Hall–Kier alpha value is -1.08. The summed E-state index contributed by atoms with van der Waals surface area (Å²) in [5.74, 6) is 0. The minimum absolute atomic E-state index is 0.152. The Morgan fingerprint density at radius 3 is 2.50 bits per heavy atom. The minimum Gasteiger partial charge on any atom is -0.324 e. The first-order chi connectivity index (χ1) is 6.77. The number of benzene rings is 1. The van der Waals surface area contributed by atoms with E-state index in [1.165, 1.54) is 11.1 Å². The predicted molar refractivity (Wildman–Crippen MR) is 62.2 cm³/mol. The SMILES string of the molecule is C=CCC[C@@H](N)c1ccc(CC)cc1. The lowest BCUT2D eigenvalue weighted by atomic mass is 10.0. The lowest BCUT2D eigenvalue weighted by Gasteiger charge is -2.10. The first kappa shape index (κ1) is 11.0. The van der Waals surface area contributed by atoms with Gasteiger partial charge in [0.05, 0.1) is 0 Å². The zero-order valence-electron chi connectivity index (χ0n) is 8.87. The van der Waals surface area contributed by atoms with Crippen LogP contribution in [-0.2, 0) is 6.42 Å². The van der Waals surface area contributed by atoms with Gasteiger partial charge in [-0.15, -0.1) is 6.58 Å². The molecule has 76 valence electrons. The fraction of sp³-hybridized carbons (Fsp3) is 0.385. The highest BCUT2D eigenvalue weighted by molar-refractivity contribution is 5.24. The third-order valence-corrected chi connectivity index (χ3v) is 2.50. The first-order valence-corrected chi connectivity index (χ1v) is 5.23. The zero-order valence-corrected chi connectivity index (χ0v) is 8.87. The van der Waals surface area contributed by atoms with E-state index in [-0.39, 0.29) is 6.04 Å². The molecule has 0 amide bonds. The van der Waals surface area contributed by atoms with Crippen LogP contribution in [-0.4, -0.2) is 0 Å². The van der Waals surface area contributed by atoms with E-state index in [2.05, 4.69) is 37.8 Å². The molecule has 1 aromatic carbocycles. The zero-order chi connectivity index (χ0) is 10.4. The topological polar surface area (TPSA) is 26.0 Å². The van der Waals surface area contributed by atoms with Gasteiger partial charge in [0.2, 0.25) is 0 Å². The second kappa shape index (κ2) is 5.61. The summed E-state index contributed by atoms with van der Waals surface area (Å²) in [7, 11) is 0. The third kappa shape index (κ3) is 3.00. The molecule has 0 heterocycles. The molecule has 0 aliphatic heterocycles. The molecule has 1 nitrogen and oxygen atoms in total. The molecule has 2 N–H and O–H groups in total. The summed E-state index contributed by atoms with van der Waals surface area (Å²) in [6.45, 7) is 5.86. The van der Waals surface area contributed by atoms with E-state index in [0.717, 1.165) is 19.3 Å². The number of nitrogens with two attached hydrogens (primary N) is 1. The van der Waals surface area contributed by atoms with Crippen molar-refractivity contribution >= 4 is 0 Å². The molecule has 0 aliphatic rings. The largest absolute Gasteiger partial charge is 0.324 e. The van der Waals surface area contributed by atoms with E-state index in [4.69, 9.17) is 5.73 Å².